The summed E-state index contributed by atoms with van der Waals surface area (Å²) in [6.45, 7) is 1.90. The van der Waals surface area contributed by atoms with Gasteiger partial charge in [-0.15, -0.1) is 10.2 Å². The molecule has 0 saturated heterocycles. The molecule has 0 aromatic carbocycles. The number of hydrogen-bond donors (Lipinski definition) is 1. The third kappa shape index (κ3) is 1.94. The first kappa shape index (κ1) is 9.97. The number of aryl methyl sites for hydroxylation is 1. The van der Waals surface area contributed by atoms with Crippen LogP contribution in [0.15, 0.2) is 28.5 Å². The van der Waals surface area contributed by atoms with Crippen LogP contribution >= 0.6 is 11.8 Å². The van der Waals surface area contributed by atoms with Crippen molar-refractivity contribution in [3.05, 3.63) is 24.2 Å². The van der Waals surface area contributed by atoms with Gasteiger partial charge >= 0.3 is 0 Å². The van der Waals surface area contributed by atoms with Gasteiger partial charge in [-0.3, -0.25) is 0 Å². The van der Waals surface area contributed by atoms with Crippen molar-refractivity contribution in [3.63, 3.8) is 0 Å². The van der Waals surface area contributed by atoms with Gasteiger partial charge in [-0.05, 0) is 30.8 Å². The van der Waals surface area contributed by atoms with Crippen LogP contribution in [0.3, 0.4) is 0 Å². The third-order valence-electron chi connectivity index (χ3n) is 2.04. The molecule has 15 heavy (non-hydrogen) atoms. The minimum atomic E-state index is 0.656. The Morgan fingerprint density at radius 3 is 2.80 bits per heavy atom. The summed E-state index contributed by atoms with van der Waals surface area (Å²) < 4.78 is 1.90. The molecule has 2 rings (SSSR count). The molecule has 2 heterocycles. The molecule has 0 radical (unpaired) electrons. The van der Waals surface area contributed by atoms with Gasteiger partial charge in [0.25, 0.3) is 0 Å². The van der Waals surface area contributed by atoms with E-state index in [0.717, 1.165) is 16.0 Å². The lowest BCUT2D eigenvalue weighted by atomic mass is 10.4. The fourth-order valence-electron chi connectivity index (χ4n) is 1.05. The van der Waals surface area contributed by atoms with Crippen molar-refractivity contribution in [1.82, 2.24) is 19.7 Å². The molecule has 0 unspecified atom stereocenters. The molecular weight excluding hydrogens is 210 g/mol. The minimum Gasteiger partial charge on any atom is -0.397 e. The van der Waals surface area contributed by atoms with E-state index in [9.17, 15) is 0 Å². The highest BCUT2D eigenvalue weighted by Gasteiger charge is 2.09. The quantitative estimate of drug-likeness (QED) is 0.826. The monoisotopic (exact) mass is 221 g/mol. The molecule has 78 valence electrons. The van der Waals surface area contributed by atoms with Crippen molar-refractivity contribution < 1.29 is 0 Å². The summed E-state index contributed by atoms with van der Waals surface area (Å²) in [4.78, 5) is 4.18. The standard InChI is InChI=1S/C9H11N5S/c1-6-12-13-9(14(6)2)15-8-7(10)4-3-5-11-8/h3-5H,10H2,1-2H3. The van der Waals surface area contributed by atoms with Crippen LogP contribution in [0.25, 0.3) is 0 Å². The predicted molar refractivity (Wildman–Crippen MR) is 58.5 cm³/mol. The summed E-state index contributed by atoms with van der Waals surface area (Å²) in [5, 5.41) is 9.54. The zero-order valence-corrected chi connectivity index (χ0v) is 9.32. The van der Waals surface area contributed by atoms with Crippen molar-refractivity contribution in [3.8, 4) is 0 Å². The van der Waals surface area contributed by atoms with Gasteiger partial charge < -0.3 is 10.3 Å². The summed E-state index contributed by atoms with van der Waals surface area (Å²) in [6, 6.07) is 3.62. The molecule has 2 aromatic rings. The van der Waals surface area contributed by atoms with E-state index in [1.165, 1.54) is 11.8 Å². The SMILES string of the molecule is Cc1nnc(Sc2ncccc2N)n1C. The molecule has 0 aliphatic rings. The molecule has 0 saturated carbocycles. The van der Waals surface area contributed by atoms with E-state index in [-0.39, 0.29) is 0 Å². The van der Waals surface area contributed by atoms with E-state index in [1.807, 2.05) is 24.6 Å². The molecule has 0 aliphatic carbocycles. The maximum absolute atomic E-state index is 5.78. The van der Waals surface area contributed by atoms with Crippen LogP contribution in [0.4, 0.5) is 5.69 Å². The zero-order valence-electron chi connectivity index (χ0n) is 8.51. The Kier molecular flexibility index (Phi) is 2.59. The first-order valence-electron chi connectivity index (χ1n) is 4.43. The smallest absolute Gasteiger partial charge is 0.197 e. The van der Waals surface area contributed by atoms with Gasteiger partial charge in [-0.2, -0.15) is 0 Å². The van der Waals surface area contributed by atoms with Crippen molar-refractivity contribution in [2.75, 3.05) is 5.73 Å². The Morgan fingerprint density at radius 2 is 2.20 bits per heavy atom. The van der Waals surface area contributed by atoms with Crippen LogP contribution in [0, 0.1) is 6.92 Å². The number of nitrogens with two attached hydrogens (primary N) is 1. The van der Waals surface area contributed by atoms with E-state index < -0.39 is 0 Å². The number of hydrogen-bond acceptors (Lipinski definition) is 5. The van der Waals surface area contributed by atoms with Crippen LogP contribution in [0.1, 0.15) is 5.82 Å². The molecule has 0 fully saturated rings. The third-order valence-corrected chi connectivity index (χ3v) is 3.11. The summed E-state index contributed by atoms with van der Waals surface area (Å²) in [6.07, 6.45) is 1.71. The molecule has 0 spiro atoms. The second-order valence-corrected chi connectivity index (χ2v) is 4.04. The van der Waals surface area contributed by atoms with Gasteiger partial charge in [0, 0.05) is 13.2 Å². The van der Waals surface area contributed by atoms with Crippen LogP contribution in [-0.4, -0.2) is 19.7 Å². The summed E-state index contributed by atoms with van der Waals surface area (Å²) in [7, 11) is 1.91. The van der Waals surface area contributed by atoms with Crippen LogP contribution in [-0.2, 0) is 7.05 Å². The lowest BCUT2D eigenvalue weighted by molar-refractivity contribution is 0.764. The maximum atomic E-state index is 5.78. The van der Waals surface area contributed by atoms with Crippen molar-refractivity contribution >= 4 is 17.4 Å². The first-order valence-corrected chi connectivity index (χ1v) is 5.24. The molecule has 0 atom stereocenters. The fourth-order valence-corrected chi connectivity index (χ4v) is 1.87. The van der Waals surface area contributed by atoms with Gasteiger partial charge in [0.05, 0.1) is 5.69 Å². The zero-order chi connectivity index (χ0) is 10.8. The van der Waals surface area contributed by atoms with E-state index in [2.05, 4.69) is 15.2 Å². The highest BCUT2D eigenvalue weighted by atomic mass is 32.2. The molecule has 0 bridgehead atoms. The van der Waals surface area contributed by atoms with Gasteiger partial charge in [0.2, 0.25) is 0 Å². The number of nitrogen functional groups attached to an aromatic ring is 1. The summed E-state index contributed by atoms with van der Waals surface area (Å²) in [5.41, 5.74) is 6.44. The number of anilines is 1. The van der Waals surface area contributed by atoms with Gasteiger partial charge in [-0.1, -0.05) is 0 Å². The highest BCUT2D eigenvalue weighted by Crippen LogP contribution is 2.28. The largest absolute Gasteiger partial charge is 0.397 e. The average Bonchev–Trinajstić information content (AvgIpc) is 2.53. The molecule has 2 aromatic heterocycles. The van der Waals surface area contributed by atoms with Crippen molar-refractivity contribution in [2.45, 2.75) is 17.1 Å². The fraction of sp³-hybridized carbons (Fsp3) is 0.222. The second kappa shape index (κ2) is 3.90. The molecule has 5 nitrogen and oxygen atoms in total. The lowest BCUT2D eigenvalue weighted by Gasteiger charge is -2.02. The molecule has 6 heteroatoms. The van der Waals surface area contributed by atoms with E-state index >= 15 is 0 Å². The molecule has 2 N–H and O–H groups in total. The Labute approximate surface area is 91.7 Å². The number of aromatic nitrogens is 4. The topological polar surface area (TPSA) is 69.6 Å². The van der Waals surface area contributed by atoms with E-state index in [1.54, 1.807) is 12.3 Å². The van der Waals surface area contributed by atoms with Crippen LogP contribution < -0.4 is 5.73 Å². The Bertz CT molecular complexity index is 479. The number of pyridine rings is 1. The predicted octanol–water partition coefficient (Wildman–Crippen LogP) is 1.25. The van der Waals surface area contributed by atoms with Crippen molar-refractivity contribution in [2.24, 2.45) is 7.05 Å². The van der Waals surface area contributed by atoms with Crippen LogP contribution in [0.5, 0.6) is 0 Å². The summed E-state index contributed by atoms with van der Waals surface area (Å²) >= 11 is 1.41. The Balaban J connectivity index is 2.30. The van der Waals surface area contributed by atoms with E-state index in [4.69, 9.17) is 5.73 Å². The highest BCUT2D eigenvalue weighted by molar-refractivity contribution is 7.99. The minimum absolute atomic E-state index is 0.656. The molecule has 0 aliphatic heterocycles. The van der Waals surface area contributed by atoms with E-state index in [0.29, 0.717) is 5.69 Å². The lowest BCUT2D eigenvalue weighted by Crippen LogP contribution is -1.95. The van der Waals surface area contributed by atoms with Gasteiger partial charge in [0.1, 0.15) is 10.9 Å². The second-order valence-electron chi connectivity index (χ2n) is 3.09. The van der Waals surface area contributed by atoms with Gasteiger partial charge in [0.15, 0.2) is 5.16 Å². The first-order chi connectivity index (χ1) is 7.18. The normalized spacial score (nSPS) is 10.5. The van der Waals surface area contributed by atoms with Crippen molar-refractivity contribution in [1.29, 1.82) is 0 Å². The van der Waals surface area contributed by atoms with Crippen LogP contribution in [0.2, 0.25) is 0 Å². The molecular formula is C9H11N5S. The number of nitrogens with zero attached hydrogens (tertiary/aromatic N) is 4. The average molecular weight is 221 g/mol. The maximum Gasteiger partial charge on any atom is 0.197 e. The summed E-state index contributed by atoms with van der Waals surface area (Å²) in [5.74, 6) is 0.868. The van der Waals surface area contributed by atoms with Gasteiger partial charge in [-0.25, -0.2) is 4.98 Å². The Hall–Kier alpha value is -1.56. The Morgan fingerprint density at radius 1 is 1.40 bits per heavy atom. The molecule has 0 amide bonds. The number of rotatable bonds is 2.